The zero-order chi connectivity index (χ0) is 26.4. The maximum atomic E-state index is 12.3. The summed E-state index contributed by atoms with van der Waals surface area (Å²) in [5.74, 6) is -4.32. The lowest BCUT2D eigenvalue weighted by molar-refractivity contribution is -0.140. The van der Waals surface area contributed by atoms with Crippen molar-refractivity contribution in [1.29, 1.82) is 0 Å². The van der Waals surface area contributed by atoms with Crippen molar-refractivity contribution < 1.29 is 39.0 Å². The van der Waals surface area contributed by atoms with Crippen LogP contribution in [0.5, 0.6) is 0 Å². The van der Waals surface area contributed by atoms with Crippen LogP contribution >= 0.6 is 0 Å². The number of likely N-dealkylation sites (N-methyl/N-ethyl adjacent to an activating group) is 2. The van der Waals surface area contributed by atoms with Gasteiger partial charge in [0.25, 0.3) is 0 Å². The molecule has 0 radical (unpaired) electrons. The minimum Gasteiger partial charge on any atom is -0.481 e. The number of hydrogen-bond donors (Lipinski definition) is 8. The average Bonchev–Trinajstić information content (AvgIpc) is 2.74. The molecule has 0 unspecified atom stereocenters. The predicted octanol–water partition coefficient (Wildman–Crippen LogP) is -3.65. The number of carboxylic acid groups (broad SMARTS) is 1. The van der Waals surface area contributed by atoms with E-state index in [-0.39, 0.29) is 19.4 Å². The molecule has 0 aliphatic heterocycles. The summed E-state index contributed by atoms with van der Waals surface area (Å²) < 4.78 is 0. The van der Waals surface area contributed by atoms with Crippen molar-refractivity contribution in [2.24, 2.45) is 5.73 Å². The van der Waals surface area contributed by atoms with Gasteiger partial charge in [-0.1, -0.05) is 0 Å². The fourth-order valence-electron chi connectivity index (χ4n) is 2.95. The quantitative estimate of drug-likeness (QED) is 0.0936. The van der Waals surface area contributed by atoms with Crippen LogP contribution in [0.15, 0.2) is 0 Å². The topological polar surface area (TPSA) is 229 Å². The van der Waals surface area contributed by atoms with Crippen LogP contribution in [-0.2, 0) is 28.8 Å². The Morgan fingerprint density at radius 1 is 0.882 bits per heavy atom. The second kappa shape index (κ2) is 15.7. The maximum Gasteiger partial charge on any atom is 0.305 e. The fourth-order valence-corrected chi connectivity index (χ4v) is 2.95. The molecular formula is C20H36N6O8. The van der Waals surface area contributed by atoms with Gasteiger partial charge in [-0.15, -0.1) is 0 Å². The highest BCUT2D eigenvalue weighted by Gasteiger charge is 2.27. The first-order valence-corrected chi connectivity index (χ1v) is 10.8. The molecule has 14 nitrogen and oxygen atoms in total. The van der Waals surface area contributed by atoms with Crippen LogP contribution < -0.4 is 32.3 Å². The van der Waals surface area contributed by atoms with Crippen LogP contribution in [0.2, 0.25) is 0 Å². The average molecular weight is 489 g/mol. The van der Waals surface area contributed by atoms with Crippen molar-refractivity contribution in [2.45, 2.75) is 69.8 Å². The molecule has 0 aromatic carbocycles. The molecule has 0 aliphatic carbocycles. The minimum absolute atomic E-state index is 0.163. The molecule has 9 N–H and O–H groups in total. The number of Topliss-reactive ketones (excluding diaryl/α,β-unsaturated/α-hetero) is 1. The largest absolute Gasteiger partial charge is 0.481 e. The Hall–Kier alpha value is -3.10. The molecule has 0 aliphatic rings. The van der Waals surface area contributed by atoms with Gasteiger partial charge in [-0.3, -0.25) is 28.8 Å². The van der Waals surface area contributed by atoms with E-state index in [4.69, 9.17) is 10.8 Å². The van der Waals surface area contributed by atoms with E-state index in [0.29, 0.717) is 6.42 Å². The van der Waals surface area contributed by atoms with Crippen molar-refractivity contribution in [1.82, 2.24) is 26.6 Å². The number of nitrogens with one attached hydrogen (secondary N) is 5. The molecule has 0 aromatic rings. The number of carbonyl (C=O) groups excluding carboxylic acids is 5. The summed E-state index contributed by atoms with van der Waals surface area (Å²) >= 11 is 0. The van der Waals surface area contributed by atoms with E-state index in [2.05, 4.69) is 26.6 Å². The molecule has 4 amide bonds. The van der Waals surface area contributed by atoms with Crippen molar-refractivity contribution in [3.05, 3.63) is 0 Å². The first-order chi connectivity index (χ1) is 15.8. The lowest BCUT2D eigenvalue weighted by atomic mass is 10.1. The van der Waals surface area contributed by atoms with E-state index < -0.39 is 72.1 Å². The Kier molecular flexibility index (Phi) is 14.3. The summed E-state index contributed by atoms with van der Waals surface area (Å²) in [5.41, 5.74) is 5.16. The zero-order valence-corrected chi connectivity index (χ0v) is 19.8. The highest BCUT2D eigenvalue weighted by Crippen LogP contribution is 2.02. The van der Waals surface area contributed by atoms with E-state index in [1.165, 1.54) is 27.9 Å². The highest BCUT2D eigenvalue weighted by atomic mass is 16.4. The number of aliphatic hydroxyl groups is 1. The van der Waals surface area contributed by atoms with Gasteiger partial charge in [0.1, 0.15) is 6.04 Å². The van der Waals surface area contributed by atoms with Gasteiger partial charge in [0, 0.05) is 6.54 Å². The predicted molar refractivity (Wildman–Crippen MR) is 120 cm³/mol. The molecule has 0 rings (SSSR count). The van der Waals surface area contributed by atoms with Crippen LogP contribution in [0.4, 0.5) is 0 Å². The lowest BCUT2D eigenvalue weighted by Crippen LogP contribution is -2.55. The van der Waals surface area contributed by atoms with Crippen molar-refractivity contribution in [3.63, 3.8) is 0 Å². The Morgan fingerprint density at radius 2 is 1.44 bits per heavy atom. The summed E-state index contributed by atoms with van der Waals surface area (Å²) in [6, 6.07) is -4.14. The summed E-state index contributed by atoms with van der Waals surface area (Å²) in [4.78, 5) is 70.7. The highest BCUT2D eigenvalue weighted by molar-refractivity contribution is 5.94. The molecule has 0 fully saturated rings. The van der Waals surface area contributed by atoms with Gasteiger partial charge in [0.15, 0.2) is 5.78 Å². The molecule has 194 valence electrons. The number of nitrogens with two attached hydrogens (primary N) is 1. The van der Waals surface area contributed by atoms with E-state index in [0.717, 1.165) is 0 Å². The Labute approximate surface area is 197 Å². The normalized spacial score (nSPS) is 15.2. The Morgan fingerprint density at radius 3 is 1.88 bits per heavy atom. The number of amides is 4. The Balaban J connectivity index is 4.67. The van der Waals surface area contributed by atoms with Crippen LogP contribution in [-0.4, -0.2) is 96.5 Å². The molecule has 5 atom stereocenters. The third kappa shape index (κ3) is 11.7. The van der Waals surface area contributed by atoms with E-state index >= 15 is 0 Å². The third-order valence-corrected chi connectivity index (χ3v) is 4.98. The van der Waals surface area contributed by atoms with Crippen molar-refractivity contribution in [2.75, 3.05) is 20.6 Å². The molecule has 34 heavy (non-hydrogen) atoms. The van der Waals surface area contributed by atoms with Crippen molar-refractivity contribution >= 4 is 35.4 Å². The lowest BCUT2D eigenvalue weighted by Gasteiger charge is -2.22. The number of hydrogen-bond acceptors (Lipinski definition) is 9. The smallest absolute Gasteiger partial charge is 0.305 e. The minimum atomic E-state index is -1.24. The first kappa shape index (κ1) is 30.9. The summed E-state index contributed by atoms with van der Waals surface area (Å²) in [6.07, 6.45) is -1.36. The van der Waals surface area contributed by atoms with Crippen molar-refractivity contribution in [3.8, 4) is 0 Å². The van der Waals surface area contributed by atoms with Gasteiger partial charge in [0.05, 0.1) is 37.1 Å². The summed E-state index contributed by atoms with van der Waals surface area (Å²) in [7, 11) is 2.94. The molecule has 0 bridgehead atoms. The Bertz CT molecular complexity index is 745. The van der Waals surface area contributed by atoms with E-state index in [1.807, 2.05) is 0 Å². The van der Waals surface area contributed by atoms with Crippen LogP contribution in [0.25, 0.3) is 0 Å². The maximum absolute atomic E-state index is 12.3. The summed E-state index contributed by atoms with van der Waals surface area (Å²) in [5, 5.41) is 31.0. The summed E-state index contributed by atoms with van der Waals surface area (Å²) in [6.45, 7) is 2.69. The first-order valence-electron chi connectivity index (χ1n) is 10.8. The molecule has 0 saturated carbocycles. The molecular weight excluding hydrogens is 452 g/mol. The zero-order valence-electron chi connectivity index (χ0n) is 19.8. The fraction of sp³-hybridized carbons (Fsp3) is 0.700. The van der Waals surface area contributed by atoms with Gasteiger partial charge in [0.2, 0.25) is 23.6 Å². The molecule has 0 saturated heterocycles. The number of rotatable bonds is 17. The number of aliphatic carboxylic acids is 1. The monoisotopic (exact) mass is 488 g/mol. The number of carboxylic acids is 1. The van der Waals surface area contributed by atoms with Gasteiger partial charge in [-0.25, -0.2) is 0 Å². The van der Waals surface area contributed by atoms with Gasteiger partial charge >= 0.3 is 5.97 Å². The van der Waals surface area contributed by atoms with E-state index in [9.17, 15) is 33.9 Å². The van der Waals surface area contributed by atoms with Gasteiger partial charge < -0.3 is 42.5 Å². The number of carbonyl (C=O) groups is 6. The van der Waals surface area contributed by atoms with Gasteiger partial charge in [-0.2, -0.15) is 0 Å². The SMILES string of the molecule is CN[C@@H](CC(=O)O)C(=O)N[C@@H](CC(=O)NCCC[C@H](NC)C(=O)N[C@H](C(N)=O)[C@@H](C)O)C(C)=O. The molecule has 14 heteroatoms. The molecule has 0 aromatic heterocycles. The number of primary amides is 1. The molecule has 0 heterocycles. The second-order valence-corrected chi connectivity index (χ2v) is 7.78. The van der Waals surface area contributed by atoms with E-state index in [1.54, 1.807) is 0 Å². The molecule has 0 spiro atoms. The third-order valence-electron chi connectivity index (χ3n) is 4.98. The second-order valence-electron chi connectivity index (χ2n) is 7.78. The van der Waals surface area contributed by atoms with Crippen LogP contribution in [0.1, 0.15) is 39.5 Å². The van der Waals surface area contributed by atoms with Crippen LogP contribution in [0.3, 0.4) is 0 Å². The van der Waals surface area contributed by atoms with Crippen LogP contribution in [0, 0.1) is 0 Å². The van der Waals surface area contributed by atoms with Gasteiger partial charge in [-0.05, 0) is 40.8 Å². The number of ketones is 1. The number of aliphatic hydroxyl groups excluding tert-OH is 1. The standard InChI is InChI=1S/C20H36N6O8/c1-10(27)13(25-20(34)14(23-4)9-16(30)31)8-15(29)24-7-5-6-12(22-3)19(33)26-17(11(2)28)18(21)32/h11-14,17,22-23,28H,5-9H2,1-4H3,(H2,21,32)(H,24,29)(H,25,34)(H,26,33)(H,30,31)/t11-,12+,13+,14+,17+/m1/s1.